The van der Waals surface area contributed by atoms with Gasteiger partial charge in [-0.3, -0.25) is 9.55 Å². The van der Waals surface area contributed by atoms with Crippen molar-refractivity contribution < 1.29 is 8.78 Å². The van der Waals surface area contributed by atoms with Crippen molar-refractivity contribution in [2.75, 3.05) is 5.32 Å². The highest BCUT2D eigenvalue weighted by Gasteiger charge is 2.21. The van der Waals surface area contributed by atoms with E-state index in [0.717, 1.165) is 6.20 Å². The number of halogens is 2. The van der Waals surface area contributed by atoms with Crippen LogP contribution in [0.1, 0.15) is 11.9 Å². The lowest BCUT2D eigenvalue weighted by Crippen LogP contribution is -2.15. The summed E-state index contributed by atoms with van der Waals surface area (Å²) in [5, 5.41) is 3.24. The lowest BCUT2D eigenvalue weighted by molar-refractivity contribution is 0.619. The summed E-state index contributed by atoms with van der Waals surface area (Å²) in [5.74, 6) is 0.00117. The molecule has 0 amide bonds. The van der Waals surface area contributed by atoms with Crippen LogP contribution >= 0.6 is 0 Å². The van der Waals surface area contributed by atoms with Gasteiger partial charge in [0.15, 0.2) is 11.5 Å². The number of aromatic nitrogens is 7. The summed E-state index contributed by atoms with van der Waals surface area (Å²) in [5.41, 5.74) is 2.53. The Morgan fingerprint density at radius 3 is 2.83 bits per heavy atom. The van der Waals surface area contributed by atoms with Gasteiger partial charge in [-0.1, -0.05) is 6.08 Å². The number of pyridine rings is 1. The van der Waals surface area contributed by atoms with Gasteiger partial charge in [-0.15, -0.1) is 6.58 Å². The molecule has 0 aliphatic carbocycles. The highest BCUT2D eigenvalue weighted by atomic mass is 19.1. The van der Waals surface area contributed by atoms with Crippen LogP contribution in [0.3, 0.4) is 0 Å². The Labute approximate surface area is 168 Å². The second kappa shape index (κ2) is 6.99. The van der Waals surface area contributed by atoms with Crippen molar-refractivity contribution in [3.8, 4) is 5.69 Å². The zero-order valence-electron chi connectivity index (χ0n) is 15.4. The fourth-order valence-corrected chi connectivity index (χ4v) is 3.32. The molecule has 0 aliphatic heterocycles. The van der Waals surface area contributed by atoms with Crippen LogP contribution in [-0.4, -0.2) is 34.5 Å². The van der Waals surface area contributed by atoms with Gasteiger partial charge in [0.2, 0.25) is 0 Å². The van der Waals surface area contributed by atoms with Crippen LogP contribution in [0.25, 0.3) is 27.9 Å². The predicted octanol–water partition coefficient (Wildman–Crippen LogP) is 3.70. The minimum absolute atomic E-state index is 0.404. The quantitative estimate of drug-likeness (QED) is 0.434. The molecule has 1 aromatic carbocycles. The second-order valence-corrected chi connectivity index (χ2v) is 6.48. The van der Waals surface area contributed by atoms with E-state index >= 15 is 0 Å². The molecule has 0 aliphatic rings. The summed E-state index contributed by atoms with van der Waals surface area (Å²) in [4.78, 5) is 24.0. The lowest BCUT2D eigenvalue weighted by atomic mass is 10.2. The third kappa shape index (κ3) is 2.94. The van der Waals surface area contributed by atoms with Crippen LogP contribution in [0, 0.1) is 11.6 Å². The maximum atomic E-state index is 14.0. The van der Waals surface area contributed by atoms with Crippen molar-refractivity contribution in [3.63, 3.8) is 0 Å². The molecule has 0 saturated carbocycles. The fourth-order valence-electron chi connectivity index (χ4n) is 3.32. The molecule has 0 saturated heterocycles. The van der Waals surface area contributed by atoms with E-state index in [9.17, 15) is 8.78 Å². The van der Waals surface area contributed by atoms with Crippen molar-refractivity contribution in [2.45, 2.75) is 6.04 Å². The zero-order valence-corrected chi connectivity index (χ0v) is 15.4. The molecule has 4 aromatic heterocycles. The van der Waals surface area contributed by atoms with Gasteiger partial charge in [-0.05, 0) is 12.1 Å². The second-order valence-electron chi connectivity index (χ2n) is 6.48. The summed E-state index contributed by atoms with van der Waals surface area (Å²) in [7, 11) is 0. The first-order valence-corrected chi connectivity index (χ1v) is 8.96. The smallest absolute Gasteiger partial charge is 0.182 e. The number of rotatable bonds is 5. The average molecular weight is 404 g/mol. The van der Waals surface area contributed by atoms with Crippen LogP contribution < -0.4 is 5.32 Å². The number of hydrogen-bond donors (Lipinski definition) is 2. The topological polar surface area (TPSA) is 97.2 Å². The molecule has 1 atom stereocenters. The summed E-state index contributed by atoms with van der Waals surface area (Å²) in [6.45, 7) is 3.89. The Kier molecular flexibility index (Phi) is 4.16. The Morgan fingerprint density at radius 1 is 1.10 bits per heavy atom. The number of imidazole rings is 2. The van der Waals surface area contributed by atoms with E-state index in [1.165, 1.54) is 37.1 Å². The van der Waals surface area contributed by atoms with Gasteiger partial charge in [0.1, 0.15) is 35.3 Å². The minimum Gasteiger partial charge on any atom is -0.355 e. The van der Waals surface area contributed by atoms with E-state index in [2.05, 4.69) is 41.8 Å². The van der Waals surface area contributed by atoms with Gasteiger partial charge >= 0.3 is 0 Å². The first-order chi connectivity index (χ1) is 14.6. The first kappa shape index (κ1) is 17.9. The first-order valence-electron chi connectivity index (χ1n) is 8.96. The van der Waals surface area contributed by atoms with Gasteiger partial charge in [-0.25, -0.2) is 28.7 Å². The number of benzene rings is 1. The average Bonchev–Trinajstić information content (AvgIpc) is 3.36. The van der Waals surface area contributed by atoms with Crippen LogP contribution in [-0.2, 0) is 0 Å². The molecule has 0 spiro atoms. The normalized spacial score (nSPS) is 12.3. The number of fused-ring (bicyclic) bond motifs is 2. The van der Waals surface area contributed by atoms with Gasteiger partial charge in [-0.2, -0.15) is 0 Å². The van der Waals surface area contributed by atoms with Crippen LogP contribution in [0.4, 0.5) is 14.6 Å². The van der Waals surface area contributed by atoms with Crippen molar-refractivity contribution in [1.82, 2.24) is 34.5 Å². The standard InChI is InChI=1S/C20H14F2N8/c1-2-14(28-19-17-18(25-9-24-17)26-10-27-19)20-29-15-4-3-11(21)6-16(15)30(20)13-5-12(22)7-23-8-13/h2-10,14H,1H2,(H2,24,25,26,27,28). The van der Waals surface area contributed by atoms with E-state index in [-0.39, 0.29) is 0 Å². The molecule has 2 N–H and O–H groups in total. The van der Waals surface area contributed by atoms with Gasteiger partial charge < -0.3 is 10.3 Å². The van der Waals surface area contributed by atoms with Crippen molar-refractivity contribution >= 4 is 28.0 Å². The highest BCUT2D eigenvalue weighted by molar-refractivity contribution is 5.83. The van der Waals surface area contributed by atoms with E-state index in [0.29, 0.717) is 39.5 Å². The molecule has 8 nitrogen and oxygen atoms in total. The SMILES string of the molecule is C=CC(Nc1ncnc2nc[nH]c12)c1nc2ccc(F)cc2n1-c1cncc(F)c1. The number of aromatic amines is 1. The molecule has 10 heteroatoms. The van der Waals surface area contributed by atoms with E-state index in [4.69, 9.17) is 0 Å². The number of hydrogen-bond acceptors (Lipinski definition) is 6. The number of nitrogens with one attached hydrogen (secondary N) is 2. The monoisotopic (exact) mass is 404 g/mol. The highest BCUT2D eigenvalue weighted by Crippen LogP contribution is 2.29. The van der Waals surface area contributed by atoms with E-state index in [1.54, 1.807) is 16.7 Å². The molecule has 5 aromatic rings. The molecule has 4 heterocycles. The number of H-pyrrole nitrogens is 1. The third-order valence-corrected chi connectivity index (χ3v) is 4.62. The van der Waals surface area contributed by atoms with Gasteiger partial charge in [0, 0.05) is 12.1 Å². The molecule has 0 fully saturated rings. The predicted molar refractivity (Wildman–Crippen MR) is 107 cm³/mol. The largest absolute Gasteiger partial charge is 0.355 e. The minimum atomic E-state index is -0.551. The molecule has 148 valence electrons. The lowest BCUT2D eigenvalue weighted by Gasteiger charge is -2.17. The maximum Gasteiger partial charge on any atom is 0.182 e. The fraction of sp³-hybridized carbons (Fsp3) is 0.0500. The van der Waals surface area contributed by atoms with Gasteiger partial charge in [0.05, 0.1) is 35.4 Å². The molecule has 30 heavy (non-hydrogen) atoms. The summed E-state index contributed by atoms with van der Waals surface area (Å²) >= 11 is 0. The molecule has 0 bridgehead atoms. The summed E-state index contributed by atoms with van der Waals surface area (Å²) in [6.07, 6.45) is 7.12. The molecule has 5 rings (SSSR count). The van der Waals surface area contributed by atoms with E-state index < -0.39 is 17.7 Å². The number of anilines is 1. The molecule has 1 unspecified atom stereocenters. The summed E-state index contributed by atoms with van der Waals surface area (Å²) < 4.78 is 29.5. The Morgan fingerprint density at radius 2 is 2.00 bits per heavy atom. The van der Waals surface area contributed by atoms with Crippen LogP contribution in [0.15, 0.2) is 62.0 Å². The number of nitrogens with zero attached hydrogens (tertiary/aromatic N) is 6. The van der Waals surface area contributed by atoms with Crippen molar-refractivity contribution in [3.05, 3.63) is 79.4 Å². The van der Waals surface area contributed by atoms with Crippen LogP contribution in [0.5, 0.6) is 0 Å². The molecular formula is C20H14F2N8. The summed E-state index contributed by atoms with van der Waals surface area (Å²) in [6, 6.07) is 4.98. The zero-order chi connectivity index (χ0) is 20.7. The molecular weight excluding hydrogens is 390 g/mol. The van der Waals surface area contributed by atoms with E-state index in [1.807, 2.05) is 0 Å². The van der Waals surface area contributed by atoms with Crippen LogP contribution in [0.2, 0.25) is 0 Å². The third-order valence-electron chi connectivity index (χ3n) is 4.62. The van der Waals surface area contributed by atoms with Gasteiger partial charge in [0.25, 0.3) is 0 Å². The Bertz CT molecular complexity index is 1390. The Hall–Kier alpha value is -4.21. The molecule has 0 radical (unpaired) electrons. The van der Waals surface area contributed by atoms with Crippen molar-refractivity contribution in [2.24, 2.45) is 0 Å². The Balaban J connectivity index is 1.69. The maximum absolute atomic E-state index is 14.0. The van der Waals surface area contributed by atoms with Crippen molar-refractivity contribution in [1.29, 1.82) is 0 Å².